The Morgan fingerprint density at radius 1 is 1.28 bits per heavy atom. The number of nitrogens with one attached hydrogen (secondary N) is 1. The highest BCUT2D eigenvalue weighted by Crippen LogP contribution is 2.15. The van der Waals surface area contributed by atoms with Gasteiger partial charge < -0.3 is 10.1 Å². The fraction of sp³-hybridized carbons (Fsp3) is 0.231. The summed E-state index contributed by atoms with van der Waals surface area (Å²) in [5.41, 5.74) is 1.15. The van der Waals surface area contributed by atoms with E-state index in [1.165, 1.54) is 6.33 Å². The average molecular weight is 308 g/mol. The molecule has 0 unspecified atom stereocenters. The fourth-order valence-corrected chi connectivity index (χ4v) is 1.84. The quantitative estimate of drug-likeness (QED) is 0.861. The van der Waals surface area contributed by atoms with E-state index in [1.807, 2.05) is 37.3 Å². The Hall–Kier alpha value is -1.62. The van der Waals surface area contributed by atoms with Crippen LogP contribution < -0.4 is 10.1 Å². The molecule has 0 saturated carbocycles. The number of rotatable bonds is 5. The number of nitrogens with zero attached hydrogens (tertiary/aromatic N) is 2. The smallest absolute Gasteiger partial charge is 0.130 e. The molecular formula is C13H14BrN3O. The number of ether oxygens (including phenoxy) is 1. The van der Waals surface area contributed by atoms with Crippen LogP contribution >= 0.6 is 15.9 Å². The van der Waals surface area contributed by atoms with Crippen molar-refractivity contribution in [3.63, 3.8) is 0 Å². The fourth-order valence-electron chi connectivity index (χ4n) is 1.53. The zero-order valence-electron chi connectivity index (χ0n) is 10.1. The second-order valence-corrected chi connectivity index (χ2v) is 4.47. The molecule has 2 rings (SSSR count). The van der Waals surface area contributed by atoms with Gasteiger partial charge in [0, 0.05) is 12.6 Å². The minimum atomic E-state index is 0.676. The summed E-state index contributed by atoms with van der Waals surface area (Å²) in [7, 11) is 0. The van der Waals surface area contributed by atoms with Crippen LogP contribution in [0.25, 0.3) is 0 Å². The predicted molar refractivity (Wildman–Crippen MR) is 74.7 cm³/mol. The lowest BCUT2D eigenvalue weighted by Gasteiger charge is -2.08. The van der Waals surface area contributed by atoms with E-state index >= 15 is 0 Å². The summed E-state index contributed by atoms with van der Waals surface area (Å²) in [5.74, 6) is 1.68. The van der Waals surface area contributed by atoms with Gasteiger partial charge in [-0.1, -0.05) is 12.1 Å². The van der Waals surface area contributed by atoms with Crippen LogP contribution in [-0.4, -0.2) is 16.6 Å². The average Bonchev–Trinajstić information content (AvgIpc) is 2.37. The van der Waals surface area contributed by atoms with Crippen molar-refractivity contribution >= 4 is 21.7 Å². The maximum Gasteiger partial charge on any atom is 0.130 e. The van der Waals surface area contributed by atoms with E-state index in [2.05, 4.69) is 31.2 Å². The van der Waals surface area contributed by atoms with Crippen LogP contribution in [-0.2, 0) is 6.54 Å². The predicted octanol–water partition coefficient (Wildman–Crippen LogP) is 3.25. The lowest BCUT2D eigenvalue weighted by Crippen LogP contribution is -2.02. The summed E-state index contributed by atoms with van der Waals surface area (Å²) >= 11 is 3.31. The molecular weight excluding hydrogens is 294 g/mol. The van der Waals surface area contributed by atoms with Crippen molar-refractivity contribution in [2.75, 3.05) is 11.9 Å². The number of halogens is 1. The minimum Gasteiger partial charge on any atom is -0.494 e. The first-order valence-corrected chi connectivity index (χ1v) is 6.50. The van der Waals surface area contributed by atoms with Crippen molar-refractivity contribution in [1.29, 1.82) is 0 Å². The maximum atomic E-state index is 5.46. The van der Waals surface area contributed by atoms with Gasteiger partial charge in [0.05, 0.1) is 6.61 Å². The molecule has 0 saturated heterocycles. The van der Waals surface area contributed by atoms with Gasteiger partial charge in [0.15, 0.2) is 0 Å². The van der Waals surface area contributed by atoms with E-state index in [0.29, 0.717) is 13.2 Å². The third kappa shape index (κ3) is 3.70. The normalized spacial score (nSPS) is 10.1. The van der Waals surface area contributed by atoms with Crippen LogP contribution in [0.4, 0.5) is 5.82 Å². The van der Waals surface area contributed by atoms with Gasteiger partial charge >= 0.3 is 0 Å². The molecule has 4 nitrogen and oxygen atoms in total. The Balaban J connectivity index is 1.99. The van der Waals surface area contributed by atoms with Crippen molar-refractivity contribution in [1.82, 2.24) is 9.97 Å². The summed E-state index contributed by atoms with van der Waals surface area (Å²) in [6.07, 6.45) is 1.52. The van der Waals surface area contributed by atoms with E-state index in [4.69, 9.17) is 4.74 Å². The Labute approximate surface area is 115 Å². The highest BCUT2D eigenvalue weighted by Gasteiger charge is 1.98. The topological polar surface area (TPSA) is 47.0 Å². The third-order valence-electron chi connectivity index (χ3n) is 2.32. The molecule has 0 fully saturated rings. The first-order chi connectivity index (χ1) is 8.78. The van der Waals surface area contributed by atoms with Crippen LogP contribution in [0.5, 0.6) is 5.75 Å². The second-order valence-electron chi connectivity index (χ2n) is 3.66. The van der Waals surface area contributed by atoms with E-state index in [1.54, 1.807) is 0 Å². The zero-order chi connectivity index (χ0) is 12.8. The molecule has 2 aromatic rings. The monoisotopic (exact) mass is 307 g/mol. The molecule has 0 amide bonds. The van der Waals surface area contributed by atoms with Gasteiger partial charge in [0.25, 0.3) is 0 Å². The Kier molecular flexibility index (Phi) is 4.52. The number of anilines is 1. The largest absolute Gasteiger partial charge is 0.494 e. The molecule has 5 heteroatoms. The lowest BCUT2D eigenvalue weighted by atomic mass is 10.2. The number of hydrogen-bond donors (Lipinski definition) is 1. The molecule has 0 spiro atoms. The summed E-state index contributed by atoms with van der Waals surface area (Å²) in [4.78, 5) is 8.11. The minimum absolute atomic E-state index is 0.676. The van der Waals surface area contributed by atoms with Crippen molar-refractivity contribution in [3.05, 3.63) is 46.8 Å². The Morgan fingerprint density at radius 2 is 2.17 bits per heavy atom. The third-order valence-corrected chi connectivity index (χ3v) is 2.75. The van der Waals surface area contributed by atoms with Crippen LogP contribution in [0.3, 0.4) is 0 Å². The first kappa shape index (κ1) is 12.8. The van der Waals surface area contributed by atoms with E-state index in [9.17, 15) is 0 Å². The van der Waals surface area contributed by atoms with Gasteiger partial charge in [-0.3, -0.25) is 0 Å². The van der Waals surface area contributed by atoms with Gasteiger partial charge in [0.2, 0.25) is 0 Å². The standard InChI is InChI=1S/C13H14BrN3O/c1-2-18-11-5-3-4-10(6-11)8-15-13-7-12(14)16-9-17-13/h3-7,9H,2,8H2,1H3,(H,15,16,17). The first-order valence-electron chi connectivity index (χ1n) is 5.71. The molecule has 0 atom stereocenters. The molecule has 0 radical (unpaired) electrons. The van der Waals surface area contributed by atoms with Crippen LogP contribution in [0.2, 0.25) is 0 Å². The highest BCUT2D eigenvalue weighted by molar-refractivity contribution is 9.10. The number of benzene rings is 1. The number of aromatic nitrogens is 2. The SMILES string of the molecule is CCOc1cccc(CNc2cc(Br)ncn2)c1. The zero-order valence-corrected chi connectivity index (χ0v) is 11.6. The van der Waals surface area contributed by atoms with Gasteiger partial charge in [0.1, 0.15) is 22.5 Å². The molecule has 1 heterocycles. The molecule has 0 aliphatic heterocycles. The van der Waals surface area contributed by atoms with E-state index in [0.717, 1.165) is 21.7 Å². The van der Waals surface area contributed by atoms with Gasteiger partial charge in [-0.2, -0.15) is 0 Å². The molecule has 94 valence electrons. The van der Waals surface area contributed by atoms with Crippen molar-refractivity contribution in [2.24, 2.45) is 0 Å². The highest BCUT2D eigenvalue weighted by atomic mass is 79.9. The van der Waals surface area contributed by atoms with Gasteiger partial charge in [-0.15, -0.1) is 0 Å². The Morgan fingerprint density at radius 3 is 2.94 bits per heavy atom. The van der Waals surface area contributed by atoms with E-state index in [-0.39, 0.29) is 0 Å². The molecule has 18 heavy (non-hydrogen) atoms. The molecule has 1 aromatic carbocycles. The van der Waals surface area contributed by atoms with Crippen molar-refractivity contribution in [3.8, 4) is 5.75 Å². The van der Waals surface area contributed by atoms with Crippen LogP contribution in [0.15, 0.2) is 41.3 Å². The Bertz CT molecular complexity index is 519. The molecule has 1 N–H and O–H groups in total. The van der Waals surface area contributed by atoms with E-state index < -0.39 is 0 Å². The van der Waals surface area contributed by atoms with Crippen molar-refractivity contribution < 1.29 is 4.74 Å². The number of hydrogen-bond acceptors (Lipinski definition) is 4. The summed E-state index contributed by atoms with van der Waals surface area (Å²) in [6, 6.07) is 9.84. The maximum absolute atomic E-state index is 5.46. The molecule has 0 aliphatic rings. The summed E-state index contributed by atoms with van der Waals surface area (Å²) in [5, 5.41) is 3.23. The second kappa shape index (κ2) is 6.35. The van der Waals surface area contributed by atoms with Crippen LogP contribution in [0.1, 0.15) is 12.5 Å². The summed E-state index contributed by atoms with van der Waals surface area (Å²) in [6.45, 7) is 3.35. The van der Waals surface area contributed by atoms with Crippen molar-refractivity contribution in [2.45, 2.75) is 13.5 Å². The van der Waals surface area contributed by atoms with Crippen LogP contribution in [0, 0.1) is 0 Å². The molecule has 0 bridgehead atoms. The molecule has 0 aliphatic carbocycles. The lowest BCUT2D eigenvalue weighted by molar-refractivity contribution is 0.340. The van der Waals surface area contributed by atoms with Gasteiger partial charge in [-0.25, -0.2) is 9.97 Å². The van der Waals surface area contributed by atoms with Gasteiger partial charge in [-0.05, 0) is 40.5 Å². The molecule has 1 aromatic heterocycles. The summed E-state index contributed by atoms with van der Waals surface area (Å²) < 4.78 is 6.22.